The van der Waals surface area contributed by atoms with Gasteiger partial charge in [-0.3, -0.25) is 5.43 Å². The third kappa shape index (κ3) is 4.39. The molecule has 0 aromatic heterocycles. The van der Waals surface area contributed by atoms with E-state index in [1.807, 2.05) is 54.6 Å². The molecule has 0 radical (unpaired) electrons. The van der Waals surface area contributed by atoms with Gasteiger partial charge in [-0.15, -0.1) is 12.6 Å². The highest BCUT2D eigenvalue weighted by Crippen LogP contribution is 2.09. The zero-order chi connectivity index (χ0) is 13.5. The van der Waals surface area contributed by atoms with Crippen LogP contribution in [-0.4, -0.2) is 11.3 Å². The number of thiocarbonyl (C=S) groups is 1. The van der Waals surface area contributed by atoms with Gasteiger partial charge in [-0.2, -0.15) is 5.10 Å². The molecule has 2 aromatic carbocycles. The molecule has 0 saturated carbocycles. The Labute approximate surface area is 123 Å². The lowest BCUT2D eigenvalue weighted by Gasteiger charge is -2.06. The van der Waals surface area contributed by atoms with Crippen molar-refractivity contribution < 1.29 is 0 Å². The fourth-order valence-electron chi connectivity index (χ4n) is 1.44. The van der Waals surface area contributed by atoms with Gasteiger partial charge >= 0.3 is 0 Å². The van der Waals surface area contributed by atoms with E-state index in [4.69, 9.17) is 12.2 Å². The maximum absolute atomic E-state index is 5.13. The van der Waals surface area contributed by atoms with E-state index in [-0.39, 0.29) is 0 Å². The van der Waals surface area contributed by atoms with Gasteiger partial charge in [0.05, 0.1) is 6.21 Å². The van der Waals surface area contributed by atoms with Crippen molar-refractivity contribution in [3.05, 3.63) is 60.2 Å². The van der Waals surface area contributed by atoms with Crippen LogP contribution in [0.4, 0.5) is 5.69 Å². The molecule has 0 aliphatic heterocycles. The fraction of sp³-hybridized carbons (Fsp3) is 0. The smallest absolute Gasteiger partial charge is 0.191 e. The molecule has 5 heteroatoms. The lowest BCUT2D eigenvalue weighted by Crippen LogP contribution is -2.23. The predicted molar refractivity (Wildman–Crippen MR) is 87.1 cm³/mol. The number of hydrogen-bond donors (Lipinski definition) is 3. The number of rotatable bonds is 3. The number of hydrazone groups is 1. The Morgan fingerprint density at radius 2 is 1.74 bits per heavy atom. The van der Waals surface area contributed by atoms with Gasteiger partial charge in [-0.05, 0) is 30.4 Å². The molecule has 0 spiro atoms. The van der Waals surface area contributed by atoms with Gasteiger partial charge in [0.15, 0.2) is 5.11 Å². The second-order valence-corrected chi connectivity index (χ2v) is 4.64. The summed E-state index contributed by atoms with van der Waals surface area (Å²) in [6.07, 6.45) is 1.68. The number of benzene rings is 2. The Kier molecular flexibility index (Phi) is 4.94. The van der Waals surface area contributed by atoms with Crippen LogP contribution < -0.4 is 10.7 Å². The molecule has 3 nitrogen and oxygen atoms in total. The van der Waals surface area contributed by atoms with Gasteiger partial charge in [0.1, 0.15) is 0 Å². The quantitative estimate of drug-likeness (QED) is 0.351. The maximum Gasteiger partial charge on any atom is 0.191 e. The number of nitrogens with zero attached hydrogens (tertiary/aromatic N) is 1. The van der Waals surface area contributed by atoms with Crippen LogP contribution >= 0.6 is 24.8 Å². The van der Waals surface area contributed by atoms with E-state index in [1.54, 1.807) is 6.21 Å². The Hall–Kier alpha value is -1.85. The molecular weight excluding hydrogens is 274 g/mol. The lowest BCUT2D eigenvalue weighted by molar-refractivity contribution is 1.05. The highest BCUT2D eigenvalue weighted by molar-refractivity contribution is 7.80. The first kappa shape index (κ1) is 13.6. The number of anilines is 1. The zero-order valence-electron chi connectivity index (χ0n) is 10.1. The first-order valence-electron chi connectivity index (χ1n) is 5.69. The molecule has 0 aliphatic rings. The van der Waals surface area contributed by atoms with Crippen molar-refractivity contribution >= 4 is 41.9 Å². The number of nitrogens with one attached hydrogen (secondary N) is 2. The first-order valence-corrected chi connectivity index (χ1v) is 6.54. The van der Waals surface area contributed by atoms with Crippen molar-refractivity contribution in [1.29, 1.82) is 0 Å². The molecule has 0 aliphatic carbocycles. The second-order valence-electron chi connectivity index (χ2n) is 3.75. The second kappa shape index (κ2) is 6.92. The van der Waals surface area contributed by atoms with E-state index in [9.17, 15) is 0 Å². The van der Waals surface area contributed by atoms with Gasteiger partial charge in [-0.1, -0.05) is 36.4 Å². The molecule has 0 unspecified atom stereocenters. The van der Waals surface area contributed by atoms with Crippen LogP contribution in [0.25, 0.3) is 0 Å². The summed E-state index contributed by atoms with van der Waals surface area (Å²) in [7, 11) is 0. The largest absolute Gasteiger partial charge is 0.331 e. The minimum absolute atomic E-state index is 0.444. The minimum atomic E-state index is 0.444. The number of hydrogen-bond acceptors (Lipinski definition) is 3. The molecule has 2 N–H and O–H groups in total. The van der Waals surface area contributed by atoms with Gasteiger partial charge in [0.2, 0.25) is 0 Å². The highest BCUT2D eigenvalue weighted by Gasteiger charge is 1.95. The summed E-state index contributed by atoms with van der Waals surface area (Å²) < 4.78 is 0. The molecule has 96 valence electrons. The molecule has 0 fully saturated rings. The SMILES string of the molecule is S=C(N/N=C/c1ccccc1S)Nc1ccccc1. The van der Waals surface area contributed by atoms with Gasteiger partial charge < -0.3 is 5.32 Å². The monoisotopic (exact) mass is 287 g/mol. The van der Waals surface area contributed by atoms with Crippen molar-refractivity contribution in [2.75, 3.05) is 5.32 Å². The van der Waals surface area contributed by atoms with Crippen LogP contribution in [0.2, 0.25) is 0 Å². The zero-order valence-corrected chi connectivity index (χ0v) is 11.8. The van der Waals surface area contributed by atoms with E-state index in [1.165, 1.54) is 0 Å². The van der Waals surface area contributed by atoms with Crippen LogP contribution in [0.1, 0.15) is 5.56 Å². The Bertz CT molecular complexity index is 582. The topological polar surface area (TPSA) is 36.4 Å². The van der Waals surface area contributed by atoms with Crippen molar-refractivity contribution in [1.82, 2.24) is 5.43 Å². The summed E-state index contributed by atoms with van der Waals surface area (Å²) in [6.45, 7) is 0. The lowest BCUT2D eigenvalue weighted by atomic mass is 10.2. The fourth-order valence-corrected chi connectivity index (χ4v) is 1.83. The third-order valence-electron chi connectivity index (χ3n) is 2.34. The molecule has 0 atom stereocenters. The summed E-state index contributed by atoms with van der Waals surface area (Å²) in [6, 6.07) is 17.4. The van der Waals surface area contributed by atoms with E-state index in [2.05, 4.69) is 28.5 Å². The summed E-state index contributed by atoms with van der Waals surface area (Å²) in [4.78, 5) is 0.870. The predicted octanol–water partition coefficient (Wildman–Crippen LogP) is 3.30. The molecule has 0 saturated heterocycles. The third-order valence-corrected chi connectivity index (χ3v) is 2.94. The molecular formula is C14H13N3S2. The molecule has 2 rings (SSSR count). The normalized spacial score (nSPS) is 10.4. The number of thiol groups is 1. The van der Waals surface area contributed by atoms with E-state index in [0.717, 1.165) is 16.1 Å². The van der Waals surface area contributed by atoms with E-state index in [0.29, 0.717) is 5.11 Å². The average Bonchev–Trinajstić information content (AvgIpc) is 2.42. The Balaban J connectivity index is 1.89. The van der Waals surface area contributed by atoms with Crippen molar-refractivity contribution in [3.8, 4) is 0 Å². The number of para-hydroxylation sites is 1. The average molecular weight is 287 g/mol. The van der Waals surface area contributed by atoms with Crippen LogP contribution in [-0.2, 0) is 0 Å². The van der Waals surface area contributed by atoms with Crippen molar-refractivity contribution in [2.24, 2.45) is 5.10 Å². The van der Waals surface area contributed by atoms with Crippen LogP contribution in [0.3, 0.4) is 0 Å². The summed E-state index contributed by atoms with van der Waals surface area (Å²) in [5, 5.41) is 7.54. The Morgan fingerprint density at radius 1 is 1.05 bits per heavy atom. The summed E-state index contributed by atoms with van der Waals surface area (Å²) >= 11 is 9.46. The van der Waals surface area contributed by atoms with Gasteiger partial charge in [0.25, 0.3) is 0 Å². The maximum atomic E-state index is 5.13. The van der Waals surface area contributed by atoms with Gasteiger partial charge in [-0.25, -0.2) is 0 Å². The molecule has 0 heterocycles. The van der Waals surface area contributed by atoms with Crippen LogP contribution in [0.5, 0.6) is 0 Å². The molecule has 2 aromatic rings. The molecule has 0 bridgehead atoms. The molecule has 19 heavy (non-hydrogen) atoms. The first-order chi connectivity index (χ1) is 9.25. The standard InChI is InChI=1S/C14H13N3S2/c18-13-9-5-4-6-11(13)10-15-17-14(19)16-12-7-2-1-3-8-12/h1-10,18H,(H2,16,17,19)/b15-10+. The minimum Gasteiger partial charge on any atom is -0.331 e. The van der Waals surface area contributed by atoms with E-state index < -0.39 is 0 Å². The highest BCUT2D eigenvalue weighted by atomic mass is 32.1. The summed E-state index contributed by atoms with van der Waals surface area (Å²) in [5.41, 5.74) is 4.62. The summed E-state index contributed by atoms with van der Waals surface area (Å²) in [5.74, 6) is 0. The van der Waals surface area contributed by atoms with Crippen molar-refractivity contribution in [3.63, 3.8) is 0 Å². The molecule has 0 amide bonds. The van der Waals surface area contributed by atoms with Gasteiger partial charge in [0, 0.05) is 16.1 Å². The van der Waals surface area contributed by atoms with E-state index >= 15 is 0 Å². The van der Waals surface area contributed by atoms with Crippen LogP contribution in [0, 0.1) is 0 Å². The van der Waals surface area contributed by atoms with Crippen molar-refractivity contribution in [2.45, 2.75) is 4.90 Å². The van der Waals surface area contributed by atoms with Crippen LogP contribution in [0.15, 0.2) is 64.6 Å². The Morgan fingerprint density at radius 3 is 2.47 bits per heavy atom.